The van der Waals surface area contributed by atoms with Gasteiger partial charge in [0.15, 0.2) is 0 Å². The number of alkyl halides is 1. The molecule has 0 spiro atoms. The van der Waals surface area contributed by atoms with Crippen molar-refractivity contribution in [2.24, 2.45) is 5.41 Å². The van der Waals surface area contributed by atoms with Crippen LogP contribution < -0.4 is 0 Å². The van der Waals surface area contributed by atoms with E-state index in [1.165, 1.54) is 0 Å². The fourth-order valence-electron chi connectivity index (χ4n) is 4.35. The molecule has 1 aromatic rings. The maximum atomic E-state index is 13.6. The number of rotatable bonds is 5. The summed E-state index contributed by atoms with van der Waals surface area (Å²) in [7, 11) is 0. The summed E-state index contributed by atoms with van der Waals surface area (Å²) in [5.41, 5.74) is 2.25. The molecule has 1 fully saturated rings. The number of halogens is 2. The molecule has 4 rings (SSSR count). The molecule has 0 aromatic heterocycles. The third-order valence-electron chi connectivity index (χ3n) is 6.33. The van der Waals surface area contributed by atoms with E-state index in [4.69, 9.17) is 32.7 Å². The molecule has 0 bridgehead atoms. The fourth-order valence-corrected chi connectivity index (χ4v) is 4.87. The molecule has 3 aliphatic rings. The van der Waals surface area contributed by atoms with Gasteiger partial charge in [-0.15, -0.1) is 11.6 Å². The van der Waals surface area contributed by atoms with E-state index in [1.807, 2.05) is 67.3 Å². The molecule has 170 valence electrons. The highest BCUT2D eigenvalue weighted by Gasteiger charge is 2.47. The Morgan fingerprint density at radius 3 is 2.75 bits per heavy atom. The molecule has 0 N–H and O–H groups in total. The van der Waals surface area contributed by atoms with Crippen LogP contribution in [0.15, 0.2) is 71.0 Å². The molecule has 1 saturated heterocycles. The molecule has 4 nitrogen and oxygen atoms in total. The Bertz CT molecular complexity index is 1010. The number of ether oxygens (including phenoxy) is 2. The van der Waals surface area contributed by atoms with Crippen molar-refractivity contribution in [2.75, 3.05) is 13.2 Å². The first-order valence-electron chi connectivity index (χ1n) is 11.0. The third-order valence-corrected chi connectivity index (χ3v) is 7.09. The minimum Gasteiger partial charge on any atom is -0.491 e. The summed E-state index contributed by atoms with van der Waals surface area (Å²) in [6, 6.07) is 7.66. The summed E-state index contributed by atoms with van der Waals surface area (Å²) in [6.07, 6.45) is 10.6. The van der Waals surface area contributed by atoms with Crippen LogP contribution in [0.2, 0.25) is 0 Å². The zero-order valence-electron chi connectivity index (χ0n) is 18.7. The smallest absolute Gasteiger partial charge is 0.256 e. The quantitative estimate of drug-likeness (QED) is 0.484. The first kappa shape index (κ1) is 23.2. The van der Waals surface area contributed by atoms with Crippen LogP contribution in [0.25, 0.3) is 0 Å². The molecule has 1 aromatic carbocycles. The number of carbonyl (C=O) groups excluding carboxylic acids is 1. The van der Waals surface area contributed by atoms with Gasteiger partial charge in [-0.05, 0) is 56.0 Å². The first-order chi connectivity index (χ1) is 15.3. The molecule has 4 atom stereocenters. The predicted molar refractivity (Wildman–Crippen MR) is 129 cm³/mol. The number of nitrogens with zero attached hydrogens (tertiary/aromatic N) is 1. The summed E-state index contributed by atoms with van der Waals surface area (Å²) in [4.78, 5) is 15.4. The second-order valence-electron chi connectivity index (χ2n) is 9.02. The maximum Gasteiger partial charge on any atom is 0.256 e. The van der Waals surface area contributed by atoms with Gasteiger partial charge in [-0.3, -0.25) is 4.79 Å². The molecule has 32 heavy (non-hydrogen) atoms. The lowest BCUT2D eigenvalue weighted by Gasteiger charge is -2.39. The Hall–Kier alpha value is -2.01. The van der Waals surface area contributed by atoms with Gasteiger partial charge in [-0.2, -0.15) is 0 Å². The number of amides is 1. The zero-order valence-corrected chi connectivity index (χ0v) is 20.2. The van der Waals surface area contributed by atoms with Crippen molar-refractivity contribution in [1.82, 2.24) is 4.90 Å². The van der Waals surface area contributed by atoms with Crippen LogP contribution in [0.5, 0.6) is 0 Å². The SMILES string of the molecule is CC1=C(Cl)CC(C)(C2O[C@H](COC3=CCC(Cl)C=C3)CN2C(=O)c2ccccc2C)C=C1. The lowest BCUT2D eigenvalue weighted by molar-refractivity contribution is -0.0675. The number of hydrogen-bond donors (Lipinski definition) is 0. The number of allylic oxidation sites excluding steroid dienone is 6. The van der Waals surface area contributed by atoms with Crippen molar-refractivity contribution < 1.29 is 14.3 Å². The van der Waals surface area contributed by atoms with Crippen LogP contribution in [0.1, 0.15) is 42.6 Å². The summed E-state index contributed by atoms with van der Waals surface area (Å²) < 4.78 is 12.4. The van der Waals surface area contributed by atoms with Crippen LogP contribution in [-0.2, 0) is 9.47 Å². The largest absolute Gasteiger partial charge is 0.491 e. The Morgan fingerprint density at radius 1 is 1.28 bits per heavy atom. The van der Waals surface area contributed by atoms with Gasteiger partial charge >= 0.3 is 0 Å². The summed E-state index contributed by atoms with van der Waals surface area (Å²) >= 11 is 12.6. The summed E-state index contributed by atoms with van der Waals surface area (Å²) in [5.74, 6) is 0.755. The minimum absolute atomic E-state index is 0.0102. The normalized spacial score (nSPS) is 30.0. The Kier molecular flexibility index (Phi) is 6.85. The van der Waals surface area contributed by atoms with E-state index in [1.54, 1.807) is 0 Å². The average molecular weight is 474 g/mol. The number of benzene rings is 1. The van der Waals surface area contributed by atoms with Gasteiger partial charge in [0.05, 0.1) is 11.9 Å². The van der Waals surface area contributed by atoms with Gasteiger partial charge in [-0.25, -0.2) is 0 Å². The molecule has 1 heterocycles. The molecule has 6 heteroatoms. The van der Waals surface area contributed by atoms with Crippen LogP contribution in [0.4, 0.5) is 0 Å². The third kappa shape index (κ3) is 4.83. The number of aryl methyl sites for hydroxylation is 1. The highest BCUT2D eigenvalue weighted by Crippen LogP contribution is 2.43. The topological polar surface area (TPSA) is 38.8 Å². The van der Waals surface area contributed by atoms with E-state index in [-0.39, 0.29) is 17.4 Å². The molecule has 0 radical (unpaired) electrons. The number of carbonyl (C=O) groups is 1. The molecule has 3 unspecified atom stereocenters. The fraction of sp³-hybridized carbons (Fsp3) is 0.423. The maximum absolute atomic E-state index is 13.6. The molecule has 1 amide bonds. The summed E-state index contributed by atoms with van der Waals surface area (Å²) in [6.45, 7) is 6.86. The van der Waals surface area contributed by atoms with Crippen molar-refractivity contribution in [3.8, 4) is 0 Å². The van der Waals surface area contributed by atoms with Crippen molar-refractivity contribution in [2.45, 2.75) is 51.3 Å². The zero-order chi connectivity index (χ0) is 22.9. The Balaban J connectivity index is 1.56. The van der Waals surface area contributed by atoms with Crippen LogP contribution >= 0.6 is 23.2 Å². The lowest BCUT2D eigenvalue weighted by Crippen LogP contribution is -2.46. The van der Waals surface area contributed by atoms with Crippen molar-refractivity contribution in [3.05, 3.63) is 82.1 Å². The lowest BCUT2D eigenvalue weighted by atomic mass is 9.79. The monoisotopic (exact) mass is 473 g/mol. The van der Waals surface area contributed by atoms with Crippen molar-refractivity contribution in [3.63, 3.8) is 0 Å². The predicted octanol–water partition coefficient (Wildman–Crippen LogP) is 6.11. The Labute approximate surface area is 200 Å². The van der Waals surface area contributed by atoms with Crippen LogP contribution in [0.3, 0.4) is 0 Å². The molecule has 2 aliphatic carbocycles. The highest BCUT2D eigenvalue weighted by atomic mass is 35.5. The van der Waals surface area contributed by atoms with Crippen LogP contribution in [0, 0.1) is 12.3 Å². The van der Waals surface area contributed by atoms with Crippen molar-refractivity contribution in [1.29, 1.82) is 0 Å². The molecule has 1 aliphatic heterocycles. The van der Waals surface area contributed by atoms with E-state index in [9.17, 15) is 4.79 Å². The van der Waals surface area contributed by atoms with Gasteiger partial charge in [0.25, 0.3) is 5.91 Å². The van der Waals surface area contributed by atoms with Crippen LogP contribution in [-0.4, -0.2) is 41.7 Å². The van der Waals surface area contributed by atoms with Gasteiger partial charge in [0.1, 0.15) is 24.7 Å². The standard InChI is InChI=1S/C26H29Cl2NO3/c1-17-6-4-5-7-22(17)24(30)29-15-21(16-31-20-10-8-19(27)9-11-20)32-25(29)26(3)13-12-18(2)23(28)14-26/h4-8,10-13,19,21,25H,9,14-16H2,1-3H3/t19?,21-,25?,26?/m0/s1. The average Bonchev–Trinajstić information content (AvgIpc) is 3.21. The molecular formula is C26H29Cl2NO3. The second kappa shape index (κ2) is 9.46. The van der Waals surface area contributed by atoms with E-state index >= 15 is 0 Å². The van der Waals surface area contributed by atoms with E-state index in [0.717, 1.165) is 28.3 Å². The van der Waals surface area contributed by atoms with Gasteiger partial charge in [0, 0.05) is 16.0 Å². The van der Waals surface area contributed by atoms with E-state index < -0.39 is 11.6 Å². The highest BCUT2D eigenvalue weighted by molar-refractivity contribution is 6.30. The van der Waals surface area contributed by atoms with Crippen molar-refractivity contribution >= 4 is 29.1 Å². The second-order valence-corrected chi connectivity index (χ2v) is 10.0. The number of hydrogen-bond acceptors (Lipinski definition) is 3. The summed E-state index contributed by atoms with van der Waals surface area (Å²) in [5, 5.41) is 0.811. The molecule has 0 saturated carbocycles. The van der Waals surface area contributed by atoms with E-state index in [0.29, 0.717) is 25.1 Å². The Morgan fingerprint density at radius 2 is 2.06 bits per heavy atom. The van der Waals surface area contributed by atoms with Gasteiger partial charge < -0.3 is 14.4 Å². The van der Waals surface area contributed by atoms with Gasteiger partial charge in [0.2, 0.25) is 0 Å². The van der Waals surface area contributed by atoms with Gasteiger partial charge in [-0.1, -0.05) is 55.0 Å². The minimum atomic E-state index is -0.440. The van der Waals surface area contributed by atoms with E-state index in [2.05, 4.69) is 13.0 Å². The molecular weight excluding hydrogens is 445 g/mol. The first-order valence-corrected chi connectivity index (χ1v) is 11.8.